The molecule has 0 aliphatic rings. The number of ether oxygens (including phenoxy) is 2. The quantitative estimate of drug-likeness (QED) is 0.192. The van der Waals surface area contributed by atoms with Crippen LogP contribution in [-0.2, 0) is 15.7 Å². The van der Waals surface area contributed by atoms with Gasteiger partial charge in [-0.15, -0.1) is 0 Å². The first kappa shape index (κ1) is 25.2. The Morgan fingerprint density at radius 3 is 2.47 bits per heavy atom. The average Bonchev–Trinajstić information content (AvgIpc) is 2.68. The molecular formula is C20H15ClF3NO6S. The van der Waals surface area contributed by atoms with Crippen molar-refractivity contribution in [2.75, 3.05) is 6.61 Å². The van der Waals surface area contributed by atoms with Gasteiger partial charge in [0.05, 0.1) is 22.1 Å². The highest BCUT2D eigenvalue weighted by Crippen LogP contribution is 2.38. The number of carbonyl (C=O) groups excluding carboxylic acids is 2. The van der Waals surface area contributed by atoms with Crippen molar-refractivity contribution in [1.29, 1.82) is 0 Å². The summed E-state index contributed by atoms with van der Waals surface area (Å²) in [5, 5.41) is 10.2. The molecule has 2 aromatic carbocycles. The number of halogens is 4. The maximum absolute atomic E-state index is 12.8. The van der Waals surface area contributed by atoms with Gasteiger partial charge in [-0.2, -0.15) is 13.2 Å². The van der Waals surface area contributed by atoms with Crippen molar-refractivity contribution in [3.8, 4) is 11.5 Å². The van der Waals surface area contributed by atoms with E-state index in [-0.39, 0.29) is 33.6 Å². The summed E-state index contributed by atoms with van der Waals surface area (Å²) in [5.41, 5.74) is -1.83. The summed E-state index contributed by atoms with van der Waals surface area (Å²) in [7, 11) is 0. The lowest BCUT2D eigenvalue weighted by atomic mass is 10.2. The van der Waals surface area contributed by atoms with Gasteiger partial charge in [0.2, 0.25) is 5.12 Å². The fraction of sp³-hybridized carbons (Fsp3) is 0.200. The van der Waals surface area contributed by atoms with Gasteiger partial charge in [-0.25, -0.2) is 4.79 Å². The zero-order valence-corrected chi connectivity index (χ0v) is 18.1. The molecule has 0 saturated heterocycles. The maximum atomic E-state index is 12.8. The van der Waals surface area contributed by atoms with Crippen molar-refractivity contribution >= 4 is 40.1 Å². The number of hydrogen-bond donors (Lipinski definition) is 0. The van der Waals surface area contributed by atoms with Crippen LogP contribution in [0.4, 0.5) is 18.9 Å². The van der Waals surface area contributed by atoms with Crippen LogP contribution in [-0.4, -0.2) is 22.6 Å². The van der Waals surface area contributed by atoms with E-state index in [4.69, 9.17) is 21.1 Å². The standard InChI is InChI=1S/C20H15ClF3NO6S/c1-3-30-18(26)8-11(2)32-19(27)14-10-13(5-6-16(14)25(28)29)31-17-7-4-12(9-15(17)21)20(22,23)24/h4-10H,3H2,1-2H3. The first-order chi connectivity index (χ1) is 14.9. The number of rotatable bonds is 7. The average molecular weight is 490 g/mol. The third-order valence-electron chi connectivity index (χ3n) is 3.73. The van der Waals surface area contributed by atoms with E-state index in [0.29, 0.717) is 17.8 Å². The van der Waals surface area contributed by atoms with Gasteiger partial charge in [0.1, 0.15) is 17.1 Å². The van der Waals surface area contributed by atoms with Crippen LogP contribution in [0.15, 0.2) is 47.4 Å². The third-order valence-corrected chi connectivity index (χ3v) is 4.87. The van der Waals surface area contributed by atoms with Gasteiger partial charge in [-0.1, -0.05) is 23.4 Å². The van der Waals surface area contributed by atoms with E-state index in [0.717, 1.165) is 30.3 Å². The van der Waals surface area contributed by atoms with Crippen molar-refractivity contribution in [1.82, 2.24) is 0 Å². The first-order valence-corrected chi connectivity index (χ1v) is 10.0. The number of thioether (sulfide) groups is 1. The SMILES string of the molecule is CCOC(=O)C=C(C)SC(=O)c1cc(Oc2ccc(C(F)(F)F)cc2Cl)ccc1[N+](=O)[O-]. The van der Waals surface area contributed by atoms with Crippen molar-refractivity contribution in [2.24, 2.45) is 0 Å². The number of alkyl halides is 3. The van der Waals surface area contributed by atoms with Gasteiger partial charge in [0.25, 0.3) is 5.69 Å². The minimum absolute atomic E-state index is 0.0618. The van der Waals surface area contributed by atoms with Gasteiger partial charge in [0, 0.05) is 12.1 Å². The van der Waals surface area contributed by atoms with E-state index in [2.05, 4.69) is 0 Å². The summed E-state index contributed by atoms with van der Waals surface area (Å²) in [5.74, 6) is -0.875. The number of carbonyl (C=O) groups is 2. The Balaban J connectivity index is 2.33. The number of nitro benzene ring substituents is 1. The van der Waals surface area contributed by atoms with Crippen LogP contribution in [0.25, 0.3) is 0 Å². The van der Waals surface area contributed by atoms with Gasteiger partial charge in [0.15, 0.2) is 0 Å². The summed E-state index contributed by atoms with van der Waals surface area (Å²) >= 11 is 6.43. The molecule has 0 aliphatic heterocycles. The Labute approximate surface area is 189 Å². The monoisotopic (exact) mass is 489 g/mol. The number of allylic oxidation sites excluding steroid dienone is 1. The minimum atomic E-state index is -4.60. The maximum Gasteiger partial charge on any atom is 0.416 e. The largest absolute Gasteiger partial charge is 0.463 e. The molecule has 0 aromatic heterocycles. The Morgan fingerprint density at radius 2 is 1.91 bits per heavy atom. The molecule has 0 atom stereocenters. The second-order valence-electron chi connectivity index (χ2n) is 6.08. The van der Waals surface area contributed by atoms with Crippen LogP contribution < -0.4 is 4.74 Å². The number of hydrogen-bond acceptors (Lipinski definition) is 7. The highest BCUT2D eigenvalue weighted by atomic mass is 35.5. The van der Waals surface area contributed by atoms with E-state index in [1.54, 1.807) is 6.92 Å². The molecule has 7 nitrogen and oxygen atoms in total. The Kier molecular flexibility index (Phi) is 8.28. The van der Waals surface area contributed by atoms with E-state index in [1.807, 2.05) is 0 Å². The summed E-state index contributed by atoms with van der Waals surface area (Å²) < 4.78 is 48.5. The summed E-state index contributed by atoms with van der Waals surface area (Å²) in [4.78, 5) is 34.9. The molecule has 0 heterocycles. The molecule has 0 radical (unpaired) electrons. The van der Waals surface area contributed by atoms with Crippen LogP contribution in [0.3, 0.4) is 0 Å². The van der Waals surface area contributed by atoms with E-state index in [1.165, 1.54) is 13.0 Å². The van der Waals surface area contributed by atoms with E-state index < -0.39 is 33.4 Å². The predicted molar refractivity (Wildman–Crippen MR) is 112 cm³/mol. The van der Waals surface area contributed by atoms with Crippen molar-refractivity contribution in [3.05, 3.63) is 73.6 Å². The summed E-state index contributed by atoms with van der Waals surface area (Å²) in [6.07, 6.45) is -3.53. The molecular weight excluding hydrogens is 475 g/mol. The first-order valence-electron chi connectivity index (χ1n) is 8.82. The molecule has 0 aliphatic carbocycles. The normalized spacial score (nSPS) is 11.8. The fourth-order valence-electron chi connectivity index (χ4n) is 2.37. The van der Waals surface area contributed by atoms with Gasteiger partial charge >= 0.3 is 12.1 Å². The molecule has 0 bridgehead atoms. The lowest BCUT2D eigenvalue weighted by Crippen LogP contribution is -2.05. The summed E-state index contributed by atoms with van der Waals surface area (Å²) in [6, 6.07) is 5.69. The molecule has 0 N–H and O–H groups in total. The van der Waals surface area contributed by atoms with Crippen molar-refractivity contribution in [3.63, 3.8) is 0 Å². The molecule has 2 rings (SSSR count). The second kappa shape index (κ2) is 10.5. The van der Waals surface area contributed by atoms with Gasteiger partial charge in [-0.3, -0.25) is 14.9 Å². The fourth-order valence-corrected chi connectivity index (χ4v) is 3.31. The molecule has 0 unspecified atom stereocenters. The number of nitrogens with zero attached hydrogens (tertiary/aromatic N) is 1. The highest BCUT2D eigenvalue weighted by molar-refractivity contribution is 8.17. The number of esters is 1. The molecule has 12 heteroatoms. The molecule has 0 saturated carbocycles. The van der Waals surface area contributed by atoms with Gasteiger partial charge in [-0.05, 0) is 49.1 Å². The lowest BCUT2D eigenvalue weighted by molar-refractivity contribution is -0.385. The van der Waals surface area contributed by atoms with Crippen LogP contribution in [0, 0.1) is 10.1 Å². The van der Waals surface area contributed by atoms with Crippen LogP contribution in [0.2, 0.25) is 5.02 Å². The van der Waals surface area contributed by atoms with Crippen LogP contribution in [0.5, 0.6) is 11.5 Å². The molecule has 0 spiro atoms. The molecule has 2 aromatic rings. The lowest BCUT2D eigenvalue weighted by Gasteiger charge is -2.12. The highest BCUT2D eigenvalue weighted by Gasteiger charge is 2.31. The Morgan fingerprint density at radius 1 is 1.22 bits per heavy atom. The Hall–Kier alpha value is -3.05. The van der Waals surface area contributed by atoms with Crippen molar-refractivity contribution in [2.45, 2.75) is 20.0 Å². The van der Waals surface area contributed by atoms with E-state index >= 15 is 0 Å². The Bertz CT molecular complexity index is 1090. The number of nitro groups is 1. The second-order valence-corrected chi connectivity index (χ2v) is 7.70. The smallest absolute Gasteiger partial charge is 0.416 e. The van der Waals surface area contributed by atoms with Crippen LogP contribution >= 0.6 is 23.4 Å². The minimum Gasteiger partial charge on any atom is -0.463 e. The zero-order chi connectivity index (χ0) is 24.1. The van der Waals surface area contributed by atoms with Crippen LogP contribution in [0.1, 0.15) is 29.8 Å². The molecule has 0 amide bonds. The molecule has 0 fully saturated rings. The van der Waals surface area contributed by atoms with E-state index in [9.17, 15) is 32.9 Å². The zero-order valence-electron chi connectivity index (χ0n) is 16.6. The van der Waals surface area contributed by atoms with Crippen molar-refractivity contribution < 1.29 is 37.2 Å². The molecule has 32 heavy (non-hydrogen) atoms. The van der Waals surface area contributed by atoms with Gasteiger partial charge < -0.3 is 9.47 Å². The number of benzene rings is 2. The third kappa shape index (κ3) is 6.72. The summed E-state index contributed by atoms with van der Waals surface area (Å²) in [6.45, 7) is 3.20. The topological polar surface area (TPSA) is 95.7 Å². The molecule has 170 valence electrons. The predicted octanol–water partition coefficient (Wildman–Crippen LogP) is 6.40.